The first kappa shape index (κ1) is 13.3. The largest absolute Gasteiger partial charge is 0.256 e. The van der Waals surface area contributed by atoms with Gasteiger partial charge in [-0.05, 0) is 60.7 Å². The second kappa shape index (κ2) is 6.16. The Morgan fingerprint density at radius 2 is 2.11 bits per heavy atom. The molecule has 3 rings (SSSR count). The maximum atomic E-state index is 4.40. The number of aromatic nitrogens is 1. The lowest BCUT2D eigenvalue weighted by Crippen LogP contribution is -2.29. The van der Waals surface area contributed by atoms with E-state index in [9.17, 15) is 0 Å². The number of pyridine rings is 1. The van der Waals surface area contributed by atoms with E-state index < -0.39 is 0 Å². The van der Waals surface area contributed by atoms with Gasteiger partial charge in [-0.3, -0.25) is 4.98 Å². The highest BCUT2D eigenvalue weighted by molar-refractivity contribution is 7.97. The summed E-state index contributed by atoms with van der Waals surface area (Å²) >= 11 is 6.27. The van der Waals surface area contributed by atoms with Crippen LogP contribution in [0.5, 0.6) is 0 Å². The quantitative estimate of drug-likeness (QED) is 0.682. The lowest BCUT2D eigenvalue weighted by Gasteiger charge is -2.30. The van der Waals surface area contributed by atoms with Crippen molar-refractivity contribution in [3.05, 3.63) is 36.5 Å². The number of benzene rings is 1. The van der Waals surface area contributed by atoms with Crippen LogP contribution >= 0.6 is 24.6 Å². The summed E-state index contributed by atoms with van der Waals surface area (Å²) in [5.74, 6) is 1.83. The van der Waals surface area contributed by atoms with Gasteiger partial charge in [0.05, 0.1) is 5.52 Å². The minimum absolute atomic E-state index is 0.806. The van der Waals surface area contributed by atoms with Gasteiger partial charge < -0.3 is 0 Å². The Kier molecular flexibility index (Phi) is 4.31. The average Bonchev–Trinajstić information content (AvgIpc) is 2.48. The lowest BCUT2D eigenvalue weighted by molar-refractivity contribution is 0.312. The summed E-state index contributed by atoms with van der Waals surface area (Å²) in [6.07, 6.45) is 4.38. The molecule has 0 N–H and O–H groups in total. The Hall–Kier alpha value is -0.710. The first-order valence-electron chi connectivity index (χ1n) is 6.74. The van der Waals surface area contributed by atoms with E-state index in [1.807, 2.05) is 24.2 Å². The van der Waals surface area contributed by atoms with Gasteiger partial charge in [-0.25, -0.2) is 4.31 Å². The minimum atomic E-state index is 0.806. The van der Waals surface area contributed by atoms with E-state index in [1.165, 1.54) is 36.2 Å². The molecule has 0 saturated carbocycles. The van der Waals surface area contributed by atoms with Crippen LogP contribution in [0, 0.1) is 5.92 Å². The molecule has 0 spiro atoms. The van der Waals surface area contributed by atoms with E-state index in [2.05, 4.69) is 46.2 Å². The third-order valence-corrected chi connectivity index (χ3v) is 5.25. The molecule has 0 atom stereocenters. The first-order valence-corrected chi connectivity index (χ1v) is 8.14. The first-order chi connectivity index (χ1) is 9.35. The molecule has 0 amide bonds. The summed E-state index contributed by atoms with van der Waals surface area (Å²) in [5.41, 5.74) is 1.07. The fourth-order valence-electron chi connectivity index (χ4n) is 2.44. The molecule has 1 aliphatic rings. The zero-order valence-electron chi connectivity index (χ0n) is 10.8. The topological polar surface area (TPSA) is 16.1 Å². The van der Waals surface area contributed by atoms with Crippen molar-refractivity contribution in [2.24, 2.45) is 5.92 Å². The highest BCUT2D eigenvalue weighted by Crippen LogP contribution is 2.30. The zero-order chi connectivity index (χ0) is 13.1. The molecule has 0 aliphatic carbocycles. The number of nitrogens with zero attached hydrogens (tertiary/aromatic N) is 2. The Morgan fingerprint density at radius 3 is 2.89 bits per heavy atom. The predicted octanol–water partition coefficient (Wildman–Crippen LogP) is 3.88. The Bertz CT molecular complexity index is 551. The van der Waals surface area contributed by atoms with E-state index in [1.54, 1.807) is 0 Å². The third-order valence-electron chi connectivity index (χ3n) is 3.64. The van der Waals surface area contributed by atoms with Gasteiger partial charge in [-0.15, -0.1) is 0 Å². The smallest absolute Gasteiger partial charge is 0.0702 e. The lowest BCUT2D eigenvalue weighted by atomic mass is 10.0. The zero-order valence-corrected chi connectivity index (χ0v) is 12.5. The number of fused-ring (bicyclic) bond motifs is 1. The monoisotopic (exact) mass is 290 g/mol. The summed E-state index contributed by atoms with van der Waals surface area (Å²) in [4.78, 5) is 5.67. The number of thiol groups is 1. The molecular weight excluding hydrogens is 272 g/mol. The fraction of sp³-hybridized carbons (Fsp3) is 0.400. The molecule has 2 heterocycles. The van der Waals surface area contributed by atoms with Crippen LogP contribution in [-0.2, 0) is 0 Å². The SMILES string of the molecule is SCC1CCN(Sc2ccc3ncccc3c2)CC1. The van der Waals surface area contributed by atoms with Crippen molar-refractivity contribution in [3.63, 3.8) is 0 Å². The molecule has 2 nitrogen and oxygen atoms in total. The molecule has 0 unspecified atom stereocenters. The summed E-state index contributed by atoms with van der Waals surface area (Å²) in [7, 11) is 0. The Balaban J connectivity index is 1.68. The van der Waals surface area contributed by atoms with Crippen LogP contribution in [0.4, 0.5) is 0 Å². The summed E-state index contributed by atoms with van der Waals surface area (Å²) < 4.78 is 2.47. The maximum absolute atomic E-state index is 4.40. The normalized spacial score (nSPS) is 17.9. The van der Waals surface area contributed by atoms with Gasteiger partial charge >= 0.3 is 0 Å². The standard InChI is InChI=1S/C15H18N2S2/c18-11-12-5-8-17(9-6-12)19-14-3-4-15-13(10-14)2-1-7-16-15/h1-4,7,10,12,18H,5-6,8-9,11H2. The molecule has 1 saturated heterocycles. The van der Waals surface area contributed by atoms with E-state index in [0.29, 0.717) is 0 Å². The van der Waals surface area contributed by atoms with E-state index in [-0.39, 0.29) is 0 Å². The molecule has 1 fully saturated rings. The molecule has 0 radical (unpaired) electrons. The van der Waals surface area contributed by atoms with Crippen LogP contribution in [0.25, 0.3) is 10.9 Å². The fourth-order valence-corrected chi connectivity index (χ4v) is 3.81. The Morgan fingerprint density at radius 1 is 1.26 bits per heavy atom. The molecule has 1 aromatic carbocycles. The number of hydrogen-bond acceptors (Lipinski definition) is 4. The van der Waals surface area contributed by atoms with Crippen LogP contribution in [-0.4, -0.2) is 28.1 Å². The van der Waals surface area contributed by atoms with Crippen LogP contribution in [0.15, 0.2) is 41.4 Å². The van der Waals surface area contributed by atoms with E-state index in [4.69, 9.17) is 0 Å². The maximum Gasteiger partial charge on any atom is 0.0702 e. The highest BCUT2D eigenvalue weighted by Gasteiger charge is 2.18. The van der Waals surface area contributed by atoms with Crippen LogP contribution in [0.3, 0.4) is 0 Å². The van der Waals surface area contributed by atoms with Crippen molar-refractivity contribution in [3.8, 4) is 0 Å². The van der Waals surface area contributed by atoms with Crippen molar-refractivity contribution >= 4 is 35.5 Å². The van der Waals surface area contributed by atoms with Crippen LogP contribution < -0.4 is 0 Å². The second-order valence-corrected chi connectivity index (χ2v) is 6.54. The number of piperidine rings is 1. The number of rotatable bonds is 3. The van der Waals surface area contributed by atoms with Crippen molar-refractivity contribution in [2.75, 3.05) is 18.8 Å². The van der Waals surface area contributed by atoms with Crippen LogP contribution in [0.2, 0.25) is 0 Å². The number of hydrogen-bond donors (Lipinski definition) is 1. The summed E-state index contributed by atoms with van der Waals surface area (Å²) in [5, 5.41) is 1.22. The molecule has 4 heteroatoms. The molecule has 0 bridgehead atoms. The molecule has 19 heavy (non-hydrogen) atoms. The molecule has 1 aromatic heterocycles. The van der Waals surface area contributed by atoms with Gasteiger partial charge in [-0.1, -0.05) is 6.07 Å². The average molecular weight is 290 g/mol. The molecule has 100 valence electrons. The van der Waals surface area contributed by atoms with Gasteiger partial charge in [0.2, 0.25) is 0 Å². The summed E-state index contributed by atoms with van der Waals surface area (Å²) in [6.45, 7) is 2.34. The van der Waals surface area contributed by atoms with Crippen molar-refractivity contribution in [1.29, 1.82) is 0 Å². The molecule has 1 aliphatic heterocycles. The van der Waals surface area contributed by atoms with Gasteiger partial charge in [0.15, 0.2) is 0 Å². The van der Waals surface area contributed by atoms with Gasteiger partial charge in [0.1, 0.15) is 0 Å². The van der Waals surface area contributed by atoms with Crippen molar-refractivity contribution in [1.82, 2.24) is 9.29 Å². The summed E-state index contributed by atoms with van der Waals surface area (Å²) in [6, 6.07) is 10.6. The minimum Gasteiger partial charge on any atom is -0.256 e. The van der Waals surface area contributed by atoms with Crippen molar-refractivity contribution in [2.45, 2.75) is 17.7 Å². The Labute approximate surface area is 124 Å². The second-order valence-electron chi connectivity index (χ2n) is 5.00. The van der Waals surface area contributed by atoms with Gasteiger partial charge in [0, 0.05) is 29.6 Å². The van der Waals surface area contributed by atoms with Gasteiger partial charge in [-0.2, -0.15) is 12.6 Å². The molecule has 2 aromatic rings. The third kappa shape index (κ3) is 3.25. The predicted molar refractivity (Wildman–Crippen MR) is 85.8 cm³/mol. The van der Waals surface area contributed by atoms with Crippen LogP contribution in [0.1, 0.15) is 12.8 Å². The van der Waals surface area contributed by atoms with Gasteiger partial charge in [0.25, 0.3) is 0 Å². The van der Waals surface area contributed by atoms with Crippen molar-refractivity contribution < 1.29 is 0 Å². The molecular formula is C15H18N2S2. The highest BCUT2D eigenvalue weighted by atomic mass is 32.2. The van der Waals surface area contributed by atoms with E-state index >= 15 is 0 Å². The van der Waals surface area contributed by atoms with E-state index in [0.717, 1.165) is 17.2 Å².